The van der Waals surface area contributed by atoms with Crippen molar-refractivity contribution in [2.45, 2.75) is 0 Å². The first-order chi connectivity index (χ1) is 10.1. The molecule has 2 aromatic rings. The van der Waals surface area contributed by atoms with Crippen LogP contribution in [0.25, 0.3) is 0 Å². The van der Waals surface area contributed by atoms with Gasteiger partial charge in [-0.05, 0) is 18.2 Å². The van der Waals surface area contributed by atoms with Crippen molar-refractivity contribution in [3.05, 3.63) is 64.2 Å². The van der Waals surface area contributed by atoms with Crippen LogP contribution < -0.4 is 10.6 Å². The second-order valence-corrected chi connectivity index (χ2v) is 4.04. The van der Waals surface area contributed by atoms with Crippen LogP contribution in [0.1, 0.15) is 5.56 Å². The maximum atomic E-state index is 11.8. The molecule has 0 saturated heterocycles. The largest absolute Gasteiger partial charge is 0.323 e. The van der Waals surface area contributed by atoms with Crippen LogP contribution in [0.5, 0.6) is 0 Å². The number of urea groups is 1. The number of hydrogen-bond donors (Lipinski definition) is 2. The molecular weight excluding hydrogens is 272 g/mol. The zero-order chi connectivity index (χ0) is 15.2. The van der Waals surface area contributed by atoms with Gasteiger partial charge in [-0.25, -0.2) is 4.79 Å². The minimum Gasteiger partial charge on any atom is -0.307 e. The molecule has 2 N–H and O–H groups in total. The molecular formula is C14H10N4O3. The molecule has 0 saturated carbocycles. The Morgan fingerprint density at radius 1 is 1.14 bits per heavy atom. The second-order valence-electron chi connectivity index (χ2n) is 4.04. The fraction of sp³-hybridized carbons (Fsp3) is 0. The van der Waals surface area contributed by atoms with Gasteiger partial charge in [-0.15, -0.1) is 0 Å². The summed E-state index contributed by atoms with van der Waals surface area (Å²) in [5, 5.41) is 24.6. The molecule has 0 aliphatic rings. The predicted molar refractivity (Wildman–Crippen MR) is 76.9 cm³/mol. The Morgan fingerprint density at radius 3 is 2.62 bits per heavy atom. The summed E-state index contributed by atoms with van der Waals surface area (Å²) >= 11 is 0. The second kappa shape index (κ2) is 6.16. The maximum absolute atomic E-state index is 11.8. The molecule has 0 bridgehead atoms. The van der Waals surface area contributed by atoms with E-state index in [-0.39, 0.29) is 11.4 Å². The van der Waals surface area contributed by atoms with Crippen LogP contribution in [0.15, 0.2) is 48.5 Å². The number of nitro groups is 1. The highest BCUT2D eigenvalue weighted by Crippen LogP contribution is 2.18. The molecule has 7 heteroatoms. The number of nitrogens with zero attached hydrogens (tertiary/aromatic N) is 2. The molecule has 104 valence electrons. The van der Waals surface area contributed by atoms with Crippen LogP contribution in [-0.4, -0.2) is 11.0 Å². The summed E-state index contributed by atoms with van der Waals surface area (Å²) < 4.78 is 0. The number of anilines is 2. The Balaban J connectivity index is 2.10. The highest BCUT2D eigenvalue weighted by atomic mass is 16.6. The summed E-state index contributed by atoms with van der Waals surface area (Å²) in [5.74, 6) is 0. The molecule has 0 heterocycles. The van der Waals surface area contributed by atoms with E-state index in [9.17, 15) is 14.9 Å². The number of amides is 2. The Kier molecular flexibility index (Phi) is 4.11. The van der Waals surface area contributed by atoms with Crippen LogP contribution >= 0.6 is 0 Å². The third-order valence-corrected chi connectivity index (χ3v) is 2.61. The van der Waals surface area contributed by atoms with E-state index in [2.05, 4.69) is 10.6 Å². The van der Waals surface area contributed by atoms with Gasteiger partial charge in [0.1, 0.15) is 6.07 Å². The normalized spacial score (nSPS) is 9.48. The molecule has 0 radical (unpaired) electrons. The predicted octanol–water partition coefficient (Wildman–Crippen LogP) is 3.11. The molecule has 21 heavy (non-hydrogen) atoms. The average molecular weight is 282 g/mol. The highest BCUT2D eigenvalue weighted by Gasteiger charge is 2.09. The van der Waals surface area contributed by atoms with Gasteiger partial charge in [0.05, 0.1) is 16.2 Å². The van der Waals surface area contributed by atoms with Crippen LogP contribution in [0.2, 0.25) is 0 Å². The molecule has 0 unspecified atom stereocenters. The van der Waals surface area contributed by atoms with Crippen molar-refractivity contribution in [2.24, 2.45) is 0 Å². The Morgan fingerprint density at radius 2 is 1.90 bits per heavy atom. The molecule has 7 nitrogen and oxygen atoms in total. The minimum atomic E-state index is -0.585. The van der Waals surface area contributed by atoms with Crippen LogP contribution in [0, 0.1) is 21.4 Å². The number of nitriles is 1. The molecule has 2 rings (SSSR count). The summed E-state index contributed by atoms with van der Waals surface area (Å²) in [5.41, 5.74) is 0.857. The number of nitrogens with one attached hydrogen (secondary N) is 2. The van der Waals surface area contributed by atoms with Crippen molar-refractivity contribution in [2.75, 3.05) is 10.6 Å². The Hall–Kier alpha value is -3.40. The molecule has 0 atom stereocenters. The van der Waals surface area contributed by atoms with E-state index in [0.29, 0.717) is 11.3 Å². The van der Waals surface area contributed by atoms with Crippen LogP contribution in [0.4, 0.5) is 21.9 Å². The van der Waals surface area contributed by atoms with Crippen molar-refractivity contribution in [3.63, 3.8) is 0 Å². The zero-order valence-corrected chi connectivity index (χ0v) is 10.7. The summed E-state index contributed by atoms with van der Waals surface area (Å²) in [7, 11) is 0. The lowest BCUT2D eigenvalue weighted by Crippen LogP contribution is -2.20. The first-order valence-electron chi connectivity index (χ1n) is 5.92. The summed E-state index contributed by atoms with van der Waals surface area (Å²) in [6.07, 6.45) is 0. The summed E-state index contributed by atoms with van der Waals surface area (Å²) in [4.78, 5) is 21.9. The van der Waals surface area contributed by atoms with Gasteiger partial charge in [-0.1, -0.05) is 18.2 Å². The van der Waals surface area contributed by atoms with Crippen molar-refractivity contribution in [1.82, 2.24) is 0 Å². The van der Waals surface area contributed by atoms with E-state index in [4.69, 9.17) is 5.26 Å². The van der Waals surface area contributed by atoms with Crippen molar-refractivity contribution in [1.29, 1.82) is 5.26 Å². The topological polar surface area (TPSA) is 108 Å². The number of carbonyl (C=O) groups excluding carboxylic acids is 1. The first-order valence-corrected chi connectivity index (χ1v) is 5.92. The zero-order valence-electron chi connectivity index (χ0n) is 10.7. The van der Waals surface area contributed by atoms with E-state index < -0.39 is 11.0 Å². The average Bonchev–Trinajstić information content (AvgIpc) is 2.48. The summed E-state index contributed by atoms with van der Waals surface area (Å²) in [6, 6.07) is 13.5. The monoisotopic (exact) mass is 282 g/mol. The molecule has 0 spiro atoms. The lowest BCUT2D eigenvalue weighted by Gasteiger charge is -2.08. The van der Waals surface area contributed by atoms with Gasteiger partial charge in [-0.2, -0.15) is 5.26 Å². The molecule has 0 aliphatic heterocycles. The lowest BCUT2D eigenvalue weighted by molar-refractivity contribution is -0.384. The number of nitro benzene ring substituents is 1. The fourth-order valence-corrected chi connectivity index (χ4v) is 1.67. The first kappa shape index (κ1) is 14.0. The number of benzene rings is 2. The van der Waals surface area contributed by atoms with E-state index in [1.807, 2.05) is 6.07 Å². The van der Waals surface area contributed by atoms with Crippen molar-refractivity contribution >= 4 is 23.1 Å². The fourth-order valence-electron chi connectivity index (χ4n) is 1.67. The van der Waals surface area contributed by atoms with E-state index in [1.165, 1.54) is 24.3 Å². The molecule has 0 fully saturated rings. The van der Waals surface area contributed by atoms with Gasteiger partial charge < -0.3 is 10.6 Å². The van der Waals surface area contributed by atoms with E-state index in [0.717, 1.165) is 0 Å². The standard InChI is InChI=1S/C14H10N4O3/c15-9-10-4-1-2-7-13(10)17-14(19)16-11-5-3-6-12(8-11)18(20)21/h1-8H,(H2,16,17,19). The molecule has 2 aromatic carbocycles. The van der Waals surface area contributed by atoms with Crippen molar-refractivity contribution < 1.29 is 9.72 Å². The number of carbonyl (C=O) groups is 1. The third-order valence-electron chi connectivity index (χ3n) is 2.61. The van der Waals surface area contributed by atoms with Crippen LogP contribution in [0.3, 0.4) is 0 Å². The molecule has 0 aromatic heterocycles. The Bertz CT molecular complexity index is 737. The molecule has 2 amide bonds. The number of rotatable bonds is 3. The van der Waals surface area contributed by atoms with Crippen molar-refractivity contribution in [3.8, 4) is 6.07 Å². The van der Waals surface area contributed by atoms with Gasteiger partial charge in [0.25, 0.3) is 5.69 Å². The summed E-state index contributed by atoms with van der Waals surface area (Å²) in [6.45, 7) is 0. The smallest absolute Gasteiger partial charge is 0.307 e. The Labute approximate surface area is 120 Å². The lowest BCUT2D eigenvalue weighted by atomic mass is 10.2. The molecule has 0 aliphatic carbocycles. The number of non-ortho nitro benzene ring substituents is 1. The minimum absolute atomic E-state index is 0.120. The SMILES string of the molecule is N#Cc1ccccc1NC(=O)Nc1cccc([N+](=O)[O-])c1. The maximum Gasteiger partial charge on any atom is 0.323 e. The van der Waals surface area contributed by atoms with Gasteiger partial charge >= 0.3 is 6.03 Å². The highest BCUT2D eigenvalue weighted by molar-refractivity contribution is 6.00. The van der Waals surface area contributed by atoms with E-state index in [1.54, 1.807) is 24.3 Å². The number of hydrogen-bond acceptors (Lipinski definition) is 4. The quantitative estimate of drug-likeness (QED) is 0.665. The van der Waals surface area contributed by atoms with Gasteiger partial charge in [0.15, 0.2) is 0 Å². The van der Waals surface area contributed by atoms with Gasteiger partial charge in [-0.3, -0.25) is 10.1 Å². The number of para-hydroxylation sites is 1. The van der Waals surface area contributed by atoms with Crippen LogP contribution in [-0.2, 0) is 0 Å². The van der Waals surface area contributed by atoms with Gasteiger partial charge in [0.2, 0.25) is 0 Å². The third kappa shape index (κ3) is 3.54. The van der Waals surface area contributed by atoms with Gasteiger partial charge in [0, 0.05) is 17.8 Å². The van der Waals surface area contributed by atoms with E-state index >= 15 is 0 Å².